The van der Waals surface area contributed by atoms with Gasteiger partial charge in [-0.1, -0.05) is 126 Å². The minimum Gasteiger partial charge on any atom is -0.354 e. The Morgan fingerprint density at radius 3 is 0.850 bits per heavy atom. The normalized spacial score (nSPS) is 12.3. The maximum Gasteiger partial charge on any atom is 0.0737 e. The molecule has 0 atom stereocenters. The van der Waals surface area contributed by atoms with E-state index in [4.69, 9.17) is 22.8 Å². The summed E-state index contributed by atoms with van der Waals surface area (Å²) in [5, 5.41) is 0. The van der Waals surface area contributed by atoms with E-state index in [0.717, 1.165) is 100 Å². The molecule has 4 aromatic carbocycles. The van der Waals surface area contributed by atoms with E-state index in [0.29, 0.717) is 0 Å². The predicted molar refractivity (Wildman–Crippen MR) is 254 cm³/mol. The third-order valence-corrected chi connectivity index (χ3v) is 11.5. The number of benzene rings is 4. The summed E-state index contributed by atoms with van der Waals surface area (Å²) in [6.45, 7) is 13.5. The number of nitrogens with one attached hydrogen (secondary N) is 2. The smallest absolute Gasteiger partial charge is 0.0737 e. The molecule has 8 bridgehead atoms. The highest BCUT2D eigenvalue weighted by molar-refractivity contribution is 6.00. The first kappa shape index (κ1) is 38.1. The zero-order valence-corrected chi connectivity index (χ0v) is 34.9. The van der Waals surface area contributed by atoms with Gasteiger partial charge in [0.15, 0.2) is 0 Å². The van der Waals surface area contributed by atoms with Gasteiger partial charge in [0, 0.05) is 55.4 Å². The highest BCUT2D eigenvalue weighted by atomic mass is 14.8. The Balaban J connectivity index is 1.43. The zero-order valence-electron chi connectivity index (χ0n) is 34.9. The monoisotopic (exact) mass is 774 g/mol. The van der Waals surface area contributed by atoms with Crippen molar-refractivity contribution >= 4 is 46.4 Å². The molecule has 7 aromatic rings. The highest BCUT2D eigenvalue weighted by Gasteiger charge is 2.21. The summed E-state index contributed by atoms with van der Waals surface area (Å²) < 4.78 is 0. The molecule has 9 rings (SSSR count). The van der Waals surface area contributed by atoms with E-state index in [1.54, 1.807) is 0 Å². The molecule has 0 spiro atoms. The maximum absolute atomic E-state index is 5.80. The van der Waals surface area contributed by atoms with Gasteiger partial charge in [-0.15, -0.1) is 12.8 Å². The molecule has 0 saturated carbocycles. The lowest BCUT2D eigenvalue weighted by Gasteiger charge is -2.19. The van der Waals surface area contributed by atoms with Crippen molar-refractivity contribution in [3.05, 3.63) is 166 Å². The first-order valence-electron chi connectivity index (χ1n) is 20.4. The molecule has 2 N–H and O–H groups in total. The van der Waals surface area contributed by atoms with Crippen molar-refractivity contribution in [2.45, 2.75) is 52.4 Å². The molecule has 0 amide bonds. The summed E-state index contributed by atoms with van der Waals surface area (Å²) in [7, 11) is 0. The minimum absolute atomic E-state index is 0.0168. The zero-order chi connectivity index (χ0) is 41.8. The van der Waals surface area contributed by atoms with E-state index in [1.165, 1.54) is 11.1 Å². The Bertz CT molecular complexity index is 2910. The van der Waals surface area contributed by atoms with Gasteiger partial charge in [-0.3, -0.25) is 0 Å². The third-order valence-electron chi connectivity index (χ3n) is 11.5. The van der Waals surface area contributed by atoms with Crippen LogP contribution in [0.4, 0.5) is 0 Å². The molecule has 5 heterocycles. The highest BCUT2D eigenvalue weighted by Crippen LogP contribution is 2.39. The second-order valence-corrected chi connectivity index (χ2v) is 17.6. The van der Waals surface area contributed by atoms with E-state index in [9.17, 15) is 0 Å². The van der Waals surface area contributed by atoms with Gasteiger partial charge in [0.05, 0.1) is 22.8 Å². The average Bonchev–Trinajstić information content (AvgIpc) is 4.09. The van der Waals surface area contributed by atoms with Crippen molar-refractivity contribution in [1.29, 1.82) is 0 Å². The van der Waals surface area contributed by atoms with E-state index < -0.39 is 0 Å². The lowest BCUT2D eigenvalue weighted by atomic mass is 9.86. The Hall–Kier alpha value is -7.40. The molecular formula is C56H46N4. The first-order valence-corrected chi connectivity index (χ1v) is 20.4. The Labute approximate surface area is 352 Å². The number of aromatic nitrogens is 4. The molecule has 0 fully saturated rings. The molecule has 2 aliphatic rings. The molecule has 0 aliphatic carbocycles. The van der Waals surface area contributed by atoms with Crippen LogP contribution in [0.2, 0.25) is 0 Å². The number of terminal acetylenes is 2. The topological polar surface area (TPSA) is 57.4 Å². The fourth-order valence-corrected chi connectivity index (χ4v) is 8.16. The van der Waals surface area contributed by atoms with Crippen LogP contribution in [0.3, 0.4) is 0 Å². The van der Waals surface area contributed by atoms with Crippen LogP contribution in [0.5, 0.6) is 0 Å². The minimum atomic E-state index is 0.0168. The van der Waals surface area contributed by atoms with E-state index in [-0.39, 0.29) is 10.8 Å². The number of rotatable bonds is 4. The number of nitrogens with zero attached hydrogens (tertiary/aromatic N) is 2. The summed E-state index contributed by atoms with van der Waals surface area (Å²) >= 11 is 0. The Kier molecular flexibility index (Phi) is 9.38. The summed E-state index contributed by atoms with van der Waals surface area (Å²) in [6, 6.07) is 42.6. The second-order valence-electron chi connectivity index (χ2n) is 17.6. The van der Waals surface area contributed by atoms with Crippen LogP contribution in [0.15, 0.2) is 121 Å². The van der Waals surface area contributed by atoms with Gasteiger partial charge in [0.2, 0.25) is 0 Å². The molecule has 2 aliphatic heterocycles. The average molecular weight is 775 g/mol. The summed E-state index contributed by atoms with van der Waals surface area (Å²) in [6.07, 6.45) is 20.1. The summed E-state index contributed by atoms with van der Waals surface area (Å²) in [5.74, 6) is 5.53. The lowest BCUT2D eigenvalue weighted by Crippen LogP contribution is -2.10. The Morgan fingerprint density at radius 1 is 0.367 bits per heavy atom. The van der Waals surface area contributed by atoms with E-state index >= 15 is 0 Å². The number of aromatic amines is 2. The molecule has 4 nitrogen and oxygen atoms in total. The van der Waals surface area contributed by atoms with Crippen LogP contribution >= 0.6 is 0 Å². The molecule has 0 saturated heterocycles. The lowest BCUT2D eigenvalue weighted by molar-refractivity contribution is 0.590. The van der Waals surface area contributed by atoms with Gasteiger partial charge in [0.1, 0.15) is 0 Å². The van der Waals surface area contributed by atoms with Crippen LogP contribution in [-0.2, 0) is 10.8 Å². The van der Waals surface area contributed by atoms with Gasteiger partial charge >= 0.3 is 0 Å². The van der Waals surface area contributed by atoms with Crippen molar-refractivity contribution in [3.63, 3.8) is 0 Å². The van der Waals surface area contributed by atoms with E-state index in [2.05, 4.69) is 185 Å². The number of H-pyrrole nitrogens is 2. The van der Waals surface area contributed by atoms with Gasteiger partial charge in [-0.2, -0.15) is 0 Å². The van der Waals surface area contributed by atoms with Crippen molar-refractivity contribution in [2.75, 3.05) is 0 Å². The summed E-state index contributed by atoms with van der Waals surface area (Å²) in [4.78, 5) is 18.6. The van der Waals surface area contributed by atoms with Crippen LogP contribution in [0.25, 0.3) is 90.9 Å². The SMILES string of the molecule is C#Cc1ccc(-c2c3nc(c(-c4ccc(C#C)cc4)c4ccc([nH]4)c(-c4ccc(C(C)(C)C)cc4)c4nc(c(-c5ccc(C(C)(C)C)cc5)c5ccc2[nH]5)C=C4)C=C3)cc1. The number of hydrogen-bond donors (Lipinski definition) is 2. The largest absolute Gasteiger partial charge is 0.354 e. The molecule has 60 heavy (non-hydrogen) atoms. The summed E-state index contributed by atoms with van der Waals surface area (Å²) in [5.41, 5.74) is 19.5. The third kappa shape index (κ3) is 7.08. The molecular weight excluding hydrogens is 729 g/mol. The van der Waals surface area contributed by atoms with Gasteiger partial charge in [-0.05, 0) is 117 Å². The fourth-order valence-electron chi connectivity index (χ4n) is 8.16. The standard InChI is InChI=1S/C56H46N4/c1-9-35-11-15-37(16-12-35)51-43-27-28-44(57-43)52(38-17-13-36(10-2)14-18-38)46-30-32-48(59-46)54(40-21-25-42(26-22-40)56(6,7)8)50-34-33-49(60-50)53(47-31-29-45(51)58-47)39-19-23-41(24-20-39)55(3,4)5/h1-2,11-34,58-59H,3-8H3. The molecule has 0 unspecified atom stereocenters. The predicted octanol–water partition coefficient (Wildman–Crippen LogP) is 13.9. The van der Waals surface area contributed by atoms with Crippen molar-refractivity contribution in [3.8, 4) is 69.2 Å². The number of fused-ring (bicyclic) bond motifs is 8. The quantitative estimate of drug-likeness (QED) is 0.175. The van der Waals surface area contributed by atoms with Crippen LogP contribution < -0.4 is 0 Å². The maximum atomic E-state index is 5.80. The number of hydrogen-bond acceptors (Lipinski definition) is 2. The van der Waals surface area contributed by atoms with Crippen molar-refractivity contribution < 1.29 is 0 Å². The van der Waals surface area contributed by atoms with Gasteiger partial charge < -0.3 is 9.97 Å². The van der Waals surface area contributed by atoms with E-state index in [1.807, 2.05) is 24.3 Å². The van der Waals surface area contributed by atoms with Gasteiger partial charge in [-0.25, -0.2) is 9.97 Å². The van der Waals surface area contributed by atoms with Crippen LogP contribution in [0.1, 0.15) is 86.6 Å². The van der Waals surface area contributed by atoms with Crippen LogP contribution in [0, 0.1) is 24.7 Å². The molecule has 4 heteroatoms. The second kappa shape index (κ2) is 14.8. The molecule has 290 valence electrons. The van der Waals surface area contributed by atoms with Crippen molar-refractivity contribution in [2.24, 2.45) is 0 Å². The fraction of sp³-hybridized carbons (Fsp3) is 0.143. The molecule has 0 radical (unpaired) electrons. The first-order chi connectivity index (χ1) is 28.9. The Morgan fingerprint density at radius 2 is 0.617 bits per heavy atom. The van der Waals surface area contributed by atoms with Crippen LogP contribution in [-0.4, -0.2) is 19.9 Å². The van der Waals surface area contributed by atoms with Crippen molar-refractivity contribution in [1.82, 2.24) is 19.9 Å². The van der Waals surface area contributed by atoms with Gasteiger partial charge in [0.25, 0.3) is 0 Å². The molecule has 3 aromatic heterocycles.